The Kier molecular flexibility index (Phi) is 3.80. The molecular weight excluding hydrogens is 369 g/mol. The molecule has 0 aliphatic rings. The molecule has 0 spiro atoms. The van der Waals surface area contributed by atoms with Gasteiger partial charge in [-0.3, -0.25) is 0 Å². The molecule has 2 rings (SSSR count). The summed E-state index contributed by atoms with van der Waals surface area (Å²) < 4.78 is 3.48. The predicted octanol–water partition coefficient (Wildman–Crippen LogP) is 4.00. The molecule has 0 saturated carbocycles. The van der Waals surface area contributed by atoms with Crippen LogP contribution < -0.4 is 5.73 Å². The van der Waals surface area contributed by atoms with Crippen LogP contribution in [0.1, 0.15) is 11.3 Å². The van der Waals surface area contributed by atoms with Crippen LogP contribution in [0.2, 0.25) is 5.02 Å². The highest BCUT2D eigenvalue weighted by molar-refractivity contribution is 9.11. The van der Waals surface area contributed by atoms with Crippen molar-refractivity contribution in [3.8, 4) is 0 Å². The van der Waals surface area contributed by atoms with Crippen LogP contribution in [0.4, 0.5) is 5.82 Å². The number of rotatable bonds is 2. The van der Waals surface area contributed by atoms with Crippen LogP contribution in [0.15, 0.2) is 27.1 Å². The maximum Gasteiger partial charge on any atom is 0.136 e. The van der Waals surface area contributed by atoms with Crippen molar-refractivity contribution in [2.45, 2.75) is 13.5 Å². The minimum Gasteiger partial charge on any atom is -0.383 e. The molecule has 6 heteroatoms. The highest BCUT2D eigenvalue weighted by atomic mass is 79.9. The Morgan fingerprint density at radius 2 is 2.12 bits per heavy atom. The lowest BCUT2D eigenvalue weighted by molar-refractivity contribution is 0.689. The smallest absolute Gasteiger partial charge is 0.136 e. The summed E-state index contributed by atoms with van der Waals surface area (Å²) in [6.07, 6.45) is 0. The molecule has 1 aromatic carbocycles. The Morgan fingerprint density at radius 1 is 1.41 bits per heavy atom. The fraction of sp³-hybridized carbons (Fsp3) is 0.182. The van der Waals surface area contributed by atoms with Gasteiger partial charge in [0, 0.05) is 4.47 Å². The van der Waals surface area contributed by atoms with Crippen molar-refractivity contribution >= 4 is 49.3 Å². The van der Waals surface area contributed by atoms with Gasteiger partial charge in [0.25, 0.3) is 0 Å². The first kappa shape index (κ1) is 12.9. The Morgan fingerprint density at radius 3 is 2.65 bits per heavy atom. The molecule has 0 fully saturated rings. The van der Waals surface area contributed by atoms with Crippen LogP contribution in [-0.4, -0.2) is 9.78 Å². The van der Waals surface area contributed by atoms with Crippen LogP contribution in [0, 0.1) is 6.92 Å². The SMILES string of the molecule is Cc1nn(Cc2ccc(Cl)c(Br)c2)c(N)c1Br. The molecule has 1 heterocycles. The van der Waals surface area contributed by atoms with E-state index in [1.807, 2.05) is 25.1 Å². The second-order valence-electron chi connectivity index (χ2n) is 3.69. The molecule has 0 aliphatic heterocycles. The van der Waals surface area contributed by atoms with Crippen molar-refractivity contribution in [3.63, 3.8) is 0 Å². The van der Waals surface area contributed by atoms with Crippen LogP contribution >= 0.6 is 43.5 Å². The fourth-order valence-electron chi connectivity index (χ4n) is 1.51. The van der Waals surface area contributed by atoms with E-state index in [9.17, 15) is 0 Å². The summed E-state index contributed by atoms with van der Waals surface area (Å²) in [6.45, 7) is 2.53. The van der Waals surface area contributed by atoms with Crippen LogP contribution in [0.25, 0.3) is 0 Å². The monoisotopic (exact) mass is 377 g/mol. The van der Waals surface area contributed by atoms with Crippen molar-refractivity contribution in [1.82, 2.24) is 9.78 Å². The van der Waals surface area contributed by atoms with E-state index in [1.54, 1.807) is 4.68 Å². The number of benzene rings is 1. The molecule has 0 unspecified atom stereocenters. The van der Waals surface area contributed by atoms with Crippen molar-refractivity contribution in [2.75, 3.05) is 5.73 Å². The van der Waals surface area contributed by atoms with E-state index in [1.165, 1.54) is 0 Å². The van der Waals surface area contributed by atoms with Gasteiger partial charge in [-0.2, -0.15) is 5.10 Å². The van der Waals surface area contributed by atoms with Gasteiger partial charge < -0.3 is 5.73 Å². The summed E-state index contributed by atoms with van der Waals surface area (Å²) >= 11 is 12.7. The molecule has 2 aromatic rings. The standard InChI is InChI=1S/C11H10Br2ClN3/c1-6-10(13)11(15)17(16-6)5-7-2-3-9(14)8(12)4-7/h2-4H,5,15H2,1H3. The lowest BCUT2D eigenvalue weighted by atomic mass is 10.2. The fourth-order valence-corrected chi connectivity index (χ4v) is 2.34. The lowest BCUT2D eigenvalue weighted by Crippen LogP contribution is -2.06. The third-order valence-electron chi connectivity index (χ3n) is 2.41. The Hall–Kier alpha value is -0.520. The molecule has 0 atom stereocenters. The molecule has 3 nitrogen and oxygen atoms in total. The van der Waals surface area contributed by atoms with Crippen molar-refractivity contribution in [3.05, 3.63) is 43.4 Å². The summed E-state index contributed by atoms with van der Waals surface area (Å²) in [6, 6.07) is 5.77. The van der Waals surface area contributed by atoms with Gasteiger partial charge in [0.05, 0.1) is 21.7 Å². The Labute approximate surface area is 121 Å². The van der Waals surface area contributed by atoms with E-state index in [0.29, 0.717) is 17.4 Å². The number of hydrogen-bond acceptors (Lipinski definition) is 2. The molecule has 0 aliphatic carbocycles. The lowest BCUT2D eigenvalue weighted by Gasteiger charge is -2.05. The zero-order chi connectivity index (χ0) is 12.6. The maximum absolute atomic E-state index is 5.94. The second kappa shape index (κ2) is 5.00. The van der Waals surface area contributed by atoms with Crippen molar-refractivity contribution in [2.24, 2.45) is 0 Å². The molecule has 90 valence electrons. The van der Waals surface area contributed by atoms with E-state index in [0.717, 1.165) is 20.2 Å². The minimum atomic E-state index is 0.619. The van der Waals surface area contributed by atoms with Gasteiger partial charge in [-0.25, -0.2) is 4.68 Å². The predicted molar refractivity (Wildman–Crippen MR) is 77.3 cm³/mol. The molecule has 0 bridgehead atoms. The van der Waals surface area contributed by atoms with Gasteiger partial charge in [0.1, 0.15) is 5.82 Å². The number of halogens is 3. The summed E-state index contributed by atoms with van der Waals surface area (Å²) in [5.41, 5.74) is 7.91. The molecule has 17 heavy (non-hydrogen) atoms. The maximum atomic E-state index is 5.94. The number of hydrogen-bond donors (Lipinski definition) is 1. The topological polar surface area (TPSA) is 43.8 Å². The molecule has 0 amide bonds. The summed E-state index contributed by atoms with van der Waals surface area (Å²) in [7, 11) is 0. The first-order chi connectivity index (χ1) is 7.99. The highest BCUT2D eigenvalue weighted by Crippen LogP contribution is 2.26. The number of anilines is 1. The Balaban J connectivity index is 2.31. The normalized spacial score (nSPS) is 10.8. The van der Waals surface area contributed by atoms with Gasteiger partial charge in [-0.05, 0) is 56.5 Å². The number of aromatic nitrogens is 2. The summed E-state index contributed by atoms with van der Waals surface area (Å²) in [4.78, 5) is 0. The first-order valence-corrected chi connectivity index (χ1v) is 6.87. The summed E-state index contributed by atoms with van der Waals surface area (Å²) in [5, 5.41) is 5.05. The van der Waals surface area contributed by atoms with Crippen LogP contribution in [0.5, 0.6) is 0 Å². The molecular formula is C11H10Br2ClN3. The van der Waals surface area contributed by atoms with E-state index in [-0.39, 0.29) is 0 Å². The molecule has 0 saturated heterocycles. The highest BCUT2D eigenvalue weighted by Gasteiger charge is 2.10. The van der Waals surface area contributed by atoms with E-state index in [2.05, 4.69) is 37.0 Å². The second-order valence-corrected chi connectivity index (χ2v) is 5.75. The molecule has 1 aromatic heterocycles. The molecule has 0 radical (unpaired) electrons. The molecule has 2 N–H and O–H groups in total. The third-order valence-corrected chi connectivity index (χ3v) is 4.60. The Bertz CT molecular complexity index is 566. The van der Waals surface area contributed by atoms with Gasteiger partial charge in [-0.15, -0.1) is 0 Å². The van der Waals surface area contributed by atoms with Crippen molar-refractivity contribution < 1.29 is 0 Å². The van der Waals surface area contributed by atoms with E-state index >= 15 is 0 Å². The quantitative estimate of drug-likeness (QED) is 0.857. The van der Waals surface area contributed by atoms with Crippen LogP contribution in [-0.2, 0) is 6.54 Å². The number of nitrogen functional groups attached to an aromatic ring is 1. The average Bonchev–Trinajstić information content (AvgIpc) is 2.52. The van der Waals surface area contributed by atoms with Gasteiger partial charge in [0.15, 0.2) is 0 Å². The third kappa shape index (κ3) is 2.67. The minimum absolute atomic E-state index is 0.619. The largest absolute Gasteiger partial charge is 0.383 e. The average molecular weight is 379 g/mol. The van der Waals surface area contributed by atoms with Gasteiger partial charge in [-0.1, -0.05) is 17.7 Å². The summed E-state index contributed by atoms with van der Waals surface area (Å²) in [5.74, 6) is 0.633. The number of nitrogens with zero attached hydrogens (tertiary/aromatic N) is 2. The van der Waals surface area contributed by atoms with Crippen molar-refractivity contribution in [1.29, 1.82) is 0 Å². The number of aryl methyl sites for hydroxylation is 1. The van der Waals surface area contributed by atoms with Crippen LogP contribution in [0.3, 0.4) is 0 Å². The zero-order valence-electron chi connectivity index (χ0n) is 9.04. The van der Waals surface area contributed by atoms with E-state index < -0.39 is 0 Å². The number of nitrogens with two attached hydrogens (primary N) is 1. The zero-order valence-corrected chi connectivity index (χ0v) is 13.0. The van der Waals surface area contributed by atoms with Gasteiger partial charge >= 0.3 is 0 Å². The van der Waals surface area contributed by atoms with E-state index in [4.69, 9.17) is 17.3 Å². The van der Waals surface area contributed by atoms with Gasteiger partial charge in [0.2, 0.25) is 0 Å². The first-order valence-electron chi connectivity index (χ1n) is 4.91.